The van der Waals surface area contributed by atoms with Gasteiger partial charge in [-0.25, -0.2) is 4.79 Å². The van der Waals surface area contributed by atoms with Crippen LogP contribution in [0.4, 0.5) is 5.00 Å². The molecule has 3 heterocycles. The molecule has 0 saturated heterocycles. The third-order valence-electron chi connectivity index (χ3n) is 5.61. The number of carbonyl (C=O) groups is 2. The SMILES string of the molecule is CCOC(=O)c1c(NC(=O)c2cc(=O)c3ccccc3o2)sc(Cc2ccc3c(c2)OCO3)c1C. The Hall–Kier alpha value is -4.11. The van der Waals surface area contributed by atoms with E-state index in [4.69, 9.17) is 18.6 Å². The Kier molecular flexibility index (Phi) is 6.00. The minimum atomic E-state index is -0.630. The fourth-order valence-corrected chi connectivity index (χ4v) is 5.11. The Bertz CT molecular complexity index is 1520. The summed E-state index contributed by atoms with van der Waals surface area (Å²) in [7, 11) is 0. The molecule has 0 saturated carbocycles. The number of esters is 1. The van der Waals surface area contributed by atoms with Crippen LogP contribution in [0.5, 0.6) is 11.5 Å². The number of hydrogen-bond donors (Lipinski definition) is 1. The first-order valence-corrected chi connectivity index (χ1v) is 11.8. The van der Waals surface area contributed by atoms with Crippen LogP contribution in [0.1, 0.15) is 43.8 Å². The summed E-state index contributed by atoms with van der Waals surface area (Å²) in [5, 5.41) is 3.46. The van der Waals surface area contributed by atoms with E-state index in [0.29, 0.717) is 39.5 Å². The molecule has 0 bridgehead atoms. The average molecular weight is 492 g/mol. The molecule has 0 aliphatic carbocycles. The molecule has 4 aromatic rings. The van der Waals surface area contributed by atoms with E-state index >= 15 is 0 Å². The molecular formula is C26H21NO7S. The molecule has 1 aliphatic heterocycles. The number of benzene rings is 2. The molecule has 8 nitrogen and oxygen atoms in total. The van der Waals surface area contributed by atoms with Gasteiger partial charge in [0.05, 0.1) is 17.6 Å². The van der Waals surface area contributed by atoms with Gasteiger partial charge in [0, 0.05) is 17.4 Å². The summed E-state index contributed by atoms with van der Waals surface area (Å²) in [4.78, 5) is 39.1. The van der Waals surface area contributed by atoms with Gasteiger partial charge in [0.15, 0.2) is 22.7 Å². The molecule has 5 rings (SSSR count). The molecule has 35 heavy (non-hydrogen) atoms. The third kappa shape index (κ3) is 4.38. The number of rotatable bonds is 6. The molecule has 0 fully saturated rings. The van der Waals surface area contributed by atoms with Crippen LogP contribution in [0.15, 0.2) is 57.7 Å². The summed E-state index contributed by atoms with van der Waals surface area (Å²) in [6.07, 6.45) is 0.514. The Labute approximate surface area is 204 Å². The van der Waals surface area contributed by atoms with Gasteiger partial charge in [-0.1, -0.05) is 18.2 Å². The number of carbonyl (C=O) groups excluding carboxylic acids is 2. The van der Waals surface area contributed by atoms with Gasteiger partial charge < -0.3 is 23.9 Å². The number of amides is 1. The summed E-state index contributed by atoms with van der Waals surface area (Å²) in [5.74, 6) is 0.0468. The van der Waals surface area contributed by atoms with Crippen molar-refractivity contribution in [2.75, 3.05) is 18.7 Å². The number of fused-ring (bicyclic) bond motifs is 2. The van der Waals surface area contributed by atoms with Gasteiger partial charge in [-0.15, -0.1) is 11.3 Å². The molecule has 9 heteroatoms. The molecule has 178 valence electrons. The first-order chi connectivity index (χ1) is 16.9. The fraction of sp³-hybridized carbons (Fsp3) is 0.192. The van der Waals surface area contributed by atoms with Crippen molar-refractivity contribution in [2.24, 2.45) is 0 Å². The summed E-state index contributed by atoms with van der Waals surface area (Å²) < 4.78 is 21.7. The number of thiophene rings is 1. The van der Waals surface area contributed by atoms with E-state index in [2.05, 4.69) is 5.32 Å². The molecule has 0 spiro atoms. The number of anilines is 1. The maximum atomic E-state index is 13.0. The topological polar surface area (TPSA) is 104 Å². The highest BCUT2D eigenvalue weighted by Crippen LogP contribution is 2.38. The lowest BCUT2D eigenvalue weighted by Crippen LogP contribution is -2.16. The zero-order chi connectivity index (χ0) is 24.5. The van der Waals surface area contributed by atoms with Crippen LogP contribution in [0, 0.1) is 6.92 Å². The molecule has 0 radical (unpaired) electrons. The largest absolute Gasteiger partial charge is 0.462 e. The molecule has 1 aliphatic rings. The van der Waals surface area contributed by atoms with Crippen molar-refractivity contribution in [3.05, 3.63) is 86.1 Å². The van der Waals surface area contributed by atoms with Crippen LogP contribution >= 0.6 is 11.3 Å². The Morgan fingerprint density at radius 3 is 2.71 bits per heavy atom. The number of para-hydroxylation sites is 1. The summed E-state index contributed by atoms with van der Waals surface area (Å²) >= 11 is 1.27. The van der Waals surface area contributed by atoms with Gasteiger partial charge in [0.2, 0.25) is 6.79 Å². The predicted octanol–water partition coefficient (Wildman–Crippen LogP) is 4.91. The first kappa shape index (κ1) is 22.7. The van der Waals surface area contributed by atoms with E-state index in [-0.39, 0.29) is 30.2 Å². The third-order valence-corrected chi connectivity index (χ3v) is 6.82. The molecule has 0 unspecified atom stereocenters. The van der Waals surface area contributed by atoms with Crippen molar-refractivity contribution in [3.63, 3.8) is 0 Å². The van der Waals surface area contributed by atoms with Gasteiger partial charge in [-0.3, -0.25) is 9.59 Å². The lowest BCUT2D eigenvalue weighted by atomic mass is 10.1. The van der Waals surface area contributed by atoms with Crippen LogP contribution in [0.25, 0.3) is 11.0 Å². The van der Waals surface area contributed by atoms with E-state index in [1.807, 2.05) is 25.1 Å². The molecular weight excluding hydrogens is 470 g/mol. The fourth-order valence-electron chi connectivity index (χ4n) is 3.88. The van der Waals surface area contributed by atoms with E-state index < -0.39 is 11.9 Å². The minimum absolute atomic E-state index is 0.146. The smallest absolute Gasteiger partial charge is 0.341 e. The molecule has 1 N–H and O–H groups in total. The number of nitrogens with one attached hydrogen (secondary N) is 1. The second-order valence-corrected chi connectivity index (χ2v) is 8.97. The van der Waals surface area contributed by atoms with Crippen molar-refractivity contribution in [2.45, 2.75) is 20.3 Å². The summed E-state index contributed by atoms with van der Waals surface area (Å²) in [5.41, 5.74) is 1.94. The van der Waals surface area contributed by atoms with Crippen molar-refractivity contribution in [1.82, 2.24) is 0 Å². The molecule has 1 amide bonds. The zero-order valence-electron chi connectivity index (χ0n) is 19.0. The first-order valence-electron chi connectivity index (χ1n) is 11.0. The number of ether oxygens (including phenoxy) is 3. The maximum Gasteiger partial charge on any atom is 0.341 e. The standard InChI is InChI=1S/C26H21NO7S/c1-3-31-26(30)23-14(2)22(11-15-8-9-19-20(10-15)33-13-32-19)35-25(23)27-24(29)21-12-17(28)16-6-4-5-7-18(16)34-21/h4-10,12H,3,11,13H2,1-2H3,(H,27,29). The second kappa shape index (κ2) is 9.27. The molecule has 2 aromatic carbocycles. The van der Waals surface area contributed by atoms with Crippen LogP contribution < -0.4 is 20.2 Å². The van der Waals surface area contributed by atoms with Crippen LogP contribution in [-0.4, -0.2) is 25.3 Å². The summed E-state index contributed by atoms with van der Waals surface area (Å²) in [6, 6.07) is 13.5. The maximum absolute atomic E-state index is 13.0. The van der Waals surface area contributed by atoms with E-state index in [0.717, 1.165) is 16.5 Å². The van der Waals surface area contributed by atoms with Gasteiger partial charge in [-0.2, -0.15) is 0 Å². The highest BCUT2D eigenvalue weighted by molar-refractivity contribution is 7.17. The van der Waals surface area contributed by atoms with Crippen LogP contribution in [0.2, 0.25) is 0 Å². The normalized spacial score (nSPS) is 12.1. The Morgan fingerprint density at radius 1 is 1.09 bits per heavy atom. The average Bonchev–Trinajstić information content (AvgIpc) is 3.43. The van der Waals surface area contributed by atoms with Crippen LogP contribution in [-0.2, 0) is 11.2 Å². The van der Waals surface area contributed by atoms with E-state index in [9.17, 15) is 14.4 Å². The minimum Gasteiger partial charge on any atom is -0.462 e. The number of hydrogen-bond acceptors (Lipinski definition) is 8. The van der Waals surface area contributed by atoms with Crippen molar-refractivity contribution in [3.8, 4) is 11.5 Å². The van der Waals surface area contributed by atoms with Gasteiger partial charge >= 0.3 is 5.97 Å². The van der Waals surface area contributed by atoms with Crippen molar-refractivity contribution >= 4 is 39.2 Å². The lowest BCUT2D eigenvalue weighted by molar-refractivity contribution is 0.0527. The lowest BCUT2D eigenvalue weighted by Gasteiger charge is -2.07. The van der Waals surface area contributed by atoms with Crippen LogP contribution in [0.3, 0.4) is 0 Å². The van der Waals surface area contributed by atoms with E-state index in [1.54, 1.807) is 31.2 Å². The summed E-state index contributed by atoms with van der Waals surface area (Å²) in [6.45, 7) is 3.91. The van der Waals surface area contributed by atoms with Gasteiger partial charge in [0.25, 0.3) is 5.91 Å². The van der Waals surface area contributed by atoms with Gasteiger partial charge in [-0.05, 0) is 49.2 Å². The Morgan fingerprint density at radius 2 is 1.89 bits per heavy atom. The van der Waals surface area contributed by atoms with Crippen molar-refractivity contribution < 1.29 is 28.2 Å². The zero-order valence-corrected chi connectivity index (χ0v) is 19.8. The van der Waals surface area contributed by atoms with Crippen molar-refractivity contribution in [1.29, 1.82) is 0 Å². The highest BCUT2D eigenvalue weighted by atomic mass is 32.1. The predicted molar refractivity (Wildman–Crippen MR) is 131 cm³/mol. The molecule has 2 aromatic heterocycles. The van der Waals surface area contributed by atoms with E-state index in [1.165, 1.54) is 11.3 Å². The second-order valence-electron chi connectivity index (χ2n) is 7.86. The highest BCUT2D eigenvalue weighted by Gasteiger charge is 2.25. The van der Waals surface area contributed by atoms with Gasteiger partial charge in [0.1, 0.15) is 10.6 Å². The monoisotopic (exact) mass is 491 g/mol. The quantitative estimate of drug-likeness (QED) is 0.382. The molecule has 0 atom stereocenters. The Balaban J connectivity index is 1.48.